The van der Waals surface area contributed by atoms with Crippen molar-refractivity contribution in [3.63, 3.8) is 0 Å². The van der Waals surface area contributed by atoms with Gasteiger partial charge in [0, 0.05) is 31.2 Å². The molecule has 6 nitrogen and oxygen atoms in total. The second-order valence-corrected chi connectivity index (χ2v) is 7.11. The Morgan fingerprint density at radius 2 is 2.12 bits per heavy atom. The second kappa shape index (κ2) is 6.67. The van der Waals surface area contributed by atoms with Crippen LogP contribution in [0.5, 0.6) is 0 Å². The summed E-state index contributed by atoms with van der Waals surface area (Å²) in [6, 6.07) is 3.34. The number of aromatic nitrogens is 2. The van der Waals surface area contributed by atoms with E-state index in [1.807, 2.05) is 25.8 Å². The van der Waals surface area contributed by atoms with Crippen LogP contribution in [0.4, 0.5) is 0 Å². The Hall–Kier alpha value is -1.69. The van der Waals surface area contributed by atoms with Crippen LogP contribution in [0, 0.1) is 12.3 Å². The maximum Gasteiger partial charge on any atom is 0.267 e. The first-order valence-electron chi connectivity index (χ1n) is 8.90. The quantitative estimate of drug-likeness (QED) is 0.823. The molecule has 2 aliphatic rings. The fourth-order valence-electron chi connectivity index (χ4n) is 4.47. The van der Waals surface area contributed by atoms with E-state index in [-0.39, 0.29) is 35.6 Å². The molecule has 132 valence electrons. The highest BCUT2D eigenvalue weighted by Crippen LogP contribution is 2.56. The minimum Gasteiger partial charge on any atom is -0.378 e. The first kappa shape index (κ1) is 17.1. The molecule has 1 spiro atoms. The summed E-state index contributed by atoms with van der Waals surface area (Å²) in [5.41, 5.74) is 0.613. The van der Waals surface area contributed by atoms with Gasteiger partial charge in [-0.15, -0.1) is 0 Å². The SMILES string of the molecule is CCO[C@H]1C[C@@H](N(C)C(=O)Cn2nc(C)ccc2=O)C12CCCC2. The van der Waals surface area contributed by atoms with Crippen LogP contribution in [0.15, 0.2) is 16.9 Å². The summed E-state index contributed by atoms with van der Waals surface area (Å²) in [6.07, 6.45) is 5.84. The van der Waals surface area contributed by atoms with Crippen molar-refractivity contribution in [2.24, 2.45) is 5.41 Å². The van der Waals surface area contributed by atoms with Crippen molar-refractivity contribution < 1.29 is 9.53 Å². The zero-order chi connectivity index (χ0) is 17.3. The van der Waals surface area contributed by atoms with E-state index >= 15 is 0 Å². The molecule has 2 fully saturated rings. The number of nitrogens with zero attached hydrogens (tertiary/aromatic N) is 3. The van der Waals surface area contributed by atoms with Gasteiger partial charge in [-0.25, -0.2) is 4.68 Å². The number of amides is 1. The molecule has 1 amide bonds. The number of carbonyl (C=O) groups excluding carboxylic acids is 1. The predicted molar refractivity (Wildman–Crippen MR) is 90.7 cm³/mol. The lowest BCUT2D eigenvalue weighted by molar-refractivity contribution is -0.172. The van der Waals surface area contributed by atoms with Gasteiger partial charge in [-0.1, -0.05) is 12.8 Å². The second-order valence-electron chi connectivity index (χ2n) is 7.11. The lowest BCUT2D eigenvalue weighted by Crippen LogP contribution is -2.64. The third-order valence-corrected chi connectivity index (χ3v) is 5.79. The van der Waals surface area contributed by atoms with Crippen molar-refractivity contribution in [2.75, 3.05) is 13.7 Å². The van der Waals surface area contributed by atoms with Crippen LogP contribution >= 0.6 is 0 Å². The third kappa shape index (κ3) is 2.88. The van der Waals surface area contributed by atoms with Crippen LogP contribution in [-0.4, -0.2) is 46.4 Å². The average molecular weight is 333 g/mol. The Morgan fingerprint density at radius 1 is 1.42 bits per heavy atom. The van der Waals surface area contributed by atoms with E-state index in [9.17, 15) is 9.59 Å². The topological polar surface area (TPSA) is 64.4 Å². The fraction of sp³-hybridized carbons (Fsp3) is 0.722. The van der Waals surface area contributed by atoms with E-state index in [2.05, 4.69) is 5.10 Å². The highest BCUT2D eigenvalue weighted by atomic mass is 16.5. The predicted octanol–water partition coefficient (Wildman–Crippen LogP) is 1.75. The molecule has 0 aliphatic heterocycles. The Bertz CT molecular complexity index is 664. The summed E-state index contributed by atoms with van der Waals surface area (Å²) in [5.74, 6) is -0.0542. The molecule has 1 aromatic heterocycles. The van der Waals surface area contributed by atoms with Gasteiger partial charge in [0.1, 0.15) is 6.54 Å². The lowest BCUT2D eigenvalue weighted by Gasteiger charge is -2.57. The van der Waals surface area contributed by atoms with Gasteiger partial charge < -0.3 is 9.64 Å². The molecular formula is C18H27N3O3. The number of hydrogen-bond donors (Lipinski definition) is 0. The van der Waals surface area contributed by atoms with Crippen molar-refractivity contribution >= 4 is 5.91 Å². The van der Waals surface area contributed by atoms with E-state index in [4.69, 9.17) is 4.74 Å². The number of hydrogen-bond acceptors (Lipinski definition) is 4. The van der Waals surface area contributed by atoms with E-state index in [1.54, 1.807) is 6.07 Å². The molecule has 0 aromatic carbocycles. The number of likely N-dealkylation sites (N-methyl/N-ethyl adjacent to an activating group) is 1. The molecule has 6 heteroatoms. The molecule has 2 atom stereocenters. The van der Waals surface area contributed by atoms with Crippen molar-refractivity contribution in [3.05, 3.63) is 28.2 Å². The molecular weight excluding hydrogens is 306 g/mol. The molecule has 2 aliphatic carbocycles. The molecule has 0 saturated heterocycles. The summed E-state index contributed by atoms with van der Waals surface area (Å²) in [4.78, 5) is 26.4. The average Bonchev–Trinajstić information content (AvgIpc) is 3.06. The smallest absolute Gasteiger partial charge is 0.267 e. The fourth-order valence-corrected chi connectivity index (χ4v) is 4.47. The first-order valence-corrected chi connectivity index (χ1v) is 8.90. The first-order chi connectivity index (χ1) is 11.5. The highest BCUT2D eigenvalue weighted by Gasteiger charge is 2.58. The van der Waals surface area contributed by atoms with E-state index in [0.29, 0.717) is 0 Å². The van der Waals surface area contributed by atoms with Gasteiger partial charge in [0.2, 0.25) is 5.91 Å². The van der Waals surface area contributed by atoms with Crippen LogP contribution in [0.2, 0.25) is 0 Å². The summed E-state index contributed by atoms with van der Waals surface area (Å²) in [6.45, 7) is 4.57. The van der Waals surface area contributed by atoms with Gasteiger partial charge in [0.05, 0.1) is 11.8 Å². The van der Waals surface area contributed by atoms with Gasteiger partial charge in [-0.05, 0) is 39.2 Å². The van der Waals surface area contributed by atoms with Crippen molar-refractivity contribution in [2.45, 2.75) is 64.6 Å². The third-order valence-electron chi connectivity index (χ3n) is 5.79. The molecule has 0 unspecified atom stereocenters. The zero-order valence-electron chi connectivity index (χ0n) is 14.8. The summed E-state index contributed by atoms with van der Waals surface area (Å²) in [5, 5.41) is 4.16. The Balaban J connectivity index is 1.72. The molecule has 1 aromatic rings. The van der Waals surface area contributed by atoms with Gasteiger partial charge in [0.15, 0.2) is 0 Å². The molecule has 0 radical (unpaired) electrons. The Morgan fingerprint density at radius 3 is 2.79 bits per heavy atom. The van der Waals surface area contributed by atoms with Crippen LogP contribution in [-0.2, 0) is 16.1 Å². The minimum atomic E-state index is -0.237. The van der Waals surface area contributed by atoms with Crippen molar-refractivity contribution in [3.8, 4) is 0 Å². The van der Waals surface area contributed by atoms with Gasteiger partial charge in [0.25, 0.3) is 5.56 Å². The van der Waals surface area contributed by atoms with E-state index < -0.39 is 0 Å². The van der Waals surface area contributed by atoms with Crippen LogP contribution in [0.3, 0.4) is 0 Å². The van der Waals surface area contributed by atoms with Crippen molar-refractivity contribution in [1.29, 1.82) is 0 Å². The minimum absolute atomic E-state index is 0.00287. The monoisotopic (exact) mass is 333 g/mol. The number of ether oxygens (including phenoxy) is 1. The summed E-state index contributed by atoms with van der Waals surface area (Å²) >= 11 is 0. The Kier molecular flexibility index (Phi) is 4.76. The van der Waals surface area contributed by atoms with E-state index in [0.717, 1.165) is 31.6 Å². The molecule has 2 saturated carbocycles. The molecule has 3 rings (SSSR count). The Labute approximate surface area is 142 Å². The number of carbonyl (C=O) groups is 1. The molecule has 0 N–H and O–H groups in total. The normalized spacial score (nSPS) is 24.8. The lowest BCUT2D eigenvalue weighted by atomic mass is 9.60. The maximum absolute atomic E-state index is 12.7. The standard InChI is InChI=1S/C18H27N3O3/c1-4-24-15-11-14(18(15)9-5-6-10-18)20(3)17(23)12-21-16(22)8-7-13(2)19-21/h7-8,14-15H,4-6,9-12H2,1-3H3/t14-,15+/m1/s1. The highest BCUT2D eigenvalue weighted by molar-refractivity contribution is 5.76. The van der Waals surface area contributed by atoms with E-state index in [1.165, 1.54) is 23.6 Å². The molecule has 24 heavy (non-hydrogen) atoms. The van der Waals surface area contributed by atoms with Crippen LogP contribution in [0.1, 0.15) is 44.7 Å². The largest absolute Gasteiger partial charge is 0.378 e. The summed E-state index contributed by atoms with van der Waals surface area (Å²) in [7, 11) is 1.86. The summed E-state index contributed by atoms with van der Waals surface area (Å²) < 4.78 is 7.18. The van der Waals surface area contributed by atoms with Gasteiger partial charge in [-0.2, -0.15) is 5.10 Å². The molecule has 1 heterocycles. The van der Waals surface area contributed by atoms with Gasteiger partial charge in [-0.3, -0.25) is 9.59 Å². The van der Waals surface area contributed by atoms with Crippen LogP contribution in [0.25, 0.3) is 0 Å². The van der Waals surface area contributed by atoms with Crippen molar-refractivity contribution in [1.82, 2.24) is 14.7 Å². The number of aryl methyl sites for hydroxylation is 1. The molecule has 0 bridgehead atoms. The zero-order valence-corrected chi connectivity index (χ0v) is 14.8. The van der Waals surface area contributed by atoms with Gasteiger partial charge >= 0.3 is 0 Å². The van der Waals surface area contributed by atoms with Crippen LogP contribution < -0.4 is 5.56 Å². The maximum atomic E-state index is 12.7. The number of rotatable bonds is 5.